The number of hydrogen-bond acceptors (Lipinski definition) is 5. The standard InChI is InChI=1S/C26H38N4O4S2/c1-26(2,3)23-10-8-21(9-11-23)20-27(4)36(33,34)30-14-6-7-22-19-24(12-13-25(22)30)28-15-17-29(18-16-28)35(5,31)32/h8-13,19H,6-7,14-18,20H2,1-5H3. The van der Waals surface area contributed by atoms with E-state index in [4.69, 9.17) is 0 Å². The largest absolute Gasteiger partial charge is 0.369 e. The van der Waals surface area contributed by atoms with E-state index in [0.29, 0.717) is 39.3 Å². The van der Waals surface area contributed by atoms with Crippen LogP contribution >= 0.6 is 0 Å². The summed E-state index contributed by atoms with van der Waals surface area (Å²) >= 11 is 0. The van der Waals surface area contributed by atoms with Crippen molar-refractivity contribution in [1.29, 1.82) is 0 Å². The number of rotatable bonds is 6. The van der Waals surface area contributed by atoms with E-state index in [-0.39, 0.29) is 5.41 Å². The summed E-state index contributed by atoms with van der Waals surface area (Å²) in [7, 11) is -5.24. The molecule has 0 saturated carbocycles. The Hall–Kier alpha value is -2.14. The lowest BCUT2D eigenvalue weighted by molar-refractivity contribution is 0.388. The number of fused-ring (bicyclic) bond motifs is 1. The fourth-order valence-electron chi connectivity index (χ4n) is 4.88. The molecule has 0 spiro atoms. The van der Waals surface area contributed by atoms with E-state index in [2.05, 4.69) is 43.9 Å². The molecule has 0 unspecified atom stereocenters. The van der Waals surface area contributed by atoms with Crippen molar-refractivity contribution < 1.29 is 16.8 Å². The van der Waals surface area contributed by atoms with Crippen LogP contribution < -0.4 is 9.21 Å². The van der Waals surface area contributed by atoms with E-state index in [1.165, 1.54) is 24.7 Å². The molecule has 2 heterocycles. The molecule has 1 saturated heterocycles. The Morgan fingerprint density at radius 2 is 1.53 bits per heavy atom. The average Bonchev–Trinajstić information content (AvgIpc) is 2.82. The van der Waals surface area contributed by atoms with E-state index in [0.717, 1.165) is 35.3 Å². The number of piperazine rings is 1. The first kappa shape index (κ1) is 26.9. The van der Waals surface area contributed by atoms with Crippen molar-refractivity contribution in [3.05, 3.63) is 59.2 Å². The minimum Gasteiger partial charge on any atom is -0.369 e. The molecule has 4 rings (SSSR count). The number of benzene rings is 2. The molecule has 198 valence electrons. The van der Waals surface area contributed by atoms with Crippen LogP contribution in [0.25, 0.3) is 0 Å². The van der Waals surface area contributed by atoms with Crippen LogP contribution in [0.5, 0.6) is 0 Å². The van der Waals surface area contributed by atoms with Crippen molar-refractivity contribution in [3.8, 4) is 0 Å². The first-order valence-corrected chi connectivity index (χ1v) is 15.7. The maximum atomic E-state index is 13.6. The number of sulfonamides is 1. The van der Waals surface area contributed by atoms with Gasteiger partial charge in [-0.25, -0.2) is 8.42 Å². The predicted molar refractivity (Wildman–Crippen MR) is 146 cm³/mol. The second-order valence-electron chi connectivity index (χ2n) is 10.8. The van der Waals surface area contributed by atoms with Crippen molar-refractivity contribution in [2.45, 2.75) is 45.6 Å². The summed E-state index contributed by atoms with van der Waals surface area (Å²) in [5.74, 6) is 0. The van der Waals surface area contributed by atoms with Gasteiger partial charge in [0.15, 0.2) is 0 Å². The van der Waals surface area contributed by atoms with Gasteiger partial charge in [0.05, 0.1) is 11.9 Å². The molecule has 0 aliphatic carbocycles. The van der Waals surface area contributed by atoms with Crippen molar-refractivity contribution in [2.75, 3.05) is 55.2 Å². The van der Waals surface area contributed by atoms with Crippen LogP contribution in [-0.2, 0) is 38.6 Å². The number of hydrogen-bond donors (Lipinski definition) is 0. The quantitative estimate of drug-likeness (QED) is 0.569. The Morgan fingerprint density at radius 1 is 0.889 bits per heavy atom. The van der Waals surface area contributed by atoms with E-state index >= 15 is 0 Å². The van der Waals surface area contributed by atoms with Crippen LogP contribution in [0.1, 0.15) is 43.9 Å². The van der Waals surface area contributed by atoms with Gasteiger partial charge in [-0.05, 0) is 53.1 Å². The third kappa shape index (κ3) is 5.72. The SMILES string of the molecule is CN(Cc1ccc(C(C)(C)C)cc1)S(=O)(=O)N1CCCc2cc(N3CCN(S(C)(=O)=O)CC3)ccc21. The van der Waals surface area contributed by atoms with Gasteiger partial charge in [0, 0.05) is 52.0 Å². The zero-order valence-electron chi connectivity index (χ0n) is 21.9. The van der Waals surface area contributed by atoms with Crippen LogP contribution in [0.2, 0.25) is 0 Å². The summed E-state index contributed by atoms with van der Waals surface area (Å²) in [6.45, 7) is 9.38. The summed E-state index contributed by atoms with van der Waals surface area (Å²) in [5.41, 5.74) is 4.97. The number of aryl methyl sites for hydroxylation is 1. The van der Waals surface area contributed by atoms with Gasteiger partial charge in [0.2, 0.25) is 10.0 Å². The lowest BCUT2D eigenvalue weighted by Crippen LogP contribution is -2.48. The zero-order chi connectivity index (χ0) is 26.3. The molecule has 0 bridgehead atoms. The Labute approximate surface area is 216 Å². The molecular formula is C26H38N4O4S2. The summed E-state index contributed by atoms with van der Waals surface area (Å²) in [4.78, 5) is 2.17. The van der Waals surface area contributed by atoms with Gasteiger partial charge >= 0.3 is 10.2 Å². The molecule has 36 heavy (non-hydrogen) atoms. The Balaban J connectivity index is 1.49. The number of nitrogens with zero attached hydrogens (tertiary/aromatic N) is 4. The second-order valence-corrected chi connectivity index (χ2v) is 14.8. The minimum absolute atomic E-state index is 0.0498. The molecule has 10 heteroatoms. The predicted octanol–water partition coefficient (Wildman–Crippen LogP) is 3.20. The highest BCUT2D eigenvalue weighted by molar-refractivity contribution is 7.90. The normalized spacial score (nSPS) is 17.9. The van der Waals surface area contributed by atoms with Gasteiger partial charge in [-0.15, -0.1) is 0 Å². The van der Waals surface area contributed by atoms with Crippen LogP contribution in [0.3, 0.4) is 0 Å². The van der Waals surface area contributed by atoms with Crippen molar-refractivity contribution in [1.82, 2.24) is 8.61 Å². The molecule has 2 aliphatic rings. The summed E-state index contributed by atoms with van der Waals surface area (Å²) in [6, 6.07) is 14.1. The Bertz CT molecular complexity index is 1290. The Morgan fingerprint density at radius 3 is 2.11 bits per heavy atom. The summed E-state index contributed by atoms with van der Waals surface area (Å²) < 4.78 is 55.2. The van der Waals surface area contributed by atoms with E-state index in [1.54, 1.807) is 7.05 Å². The molecular weight excluding hydrogens is 496 g/mol. The van der Waals surface area contributed by atoms with Crippen LogP contribution in [0.15, 0.2) is 42.5 Å². The lowest BCUT2D eigenvalue weighted by Gasteiger charge is -2.37. The maximum absolute atomic E-state index is 13.6. The fourth-order valence-corrected chi connectivity index (χ4v) is 7.14. The van der Waals surface area contributed by atoms with Gasteiger partial charge in [0.1, 0.15) is 0 Å². The van der Waals surface area contributed by atoms with Gasteiger partial charge in [-0.1, -0.05) is 45.0 Å². The molecule has 2 aromatic rings. The smallest absolute Gasteiger partial charge is 0.304 e. The van der Waals surface area contributed by atoms with Crippen molar-refractivity contribution in [2.24, 2.45) is 0 Å². The molecule has 0 radical (unpaired) electrons. The van der Waals surface area contributed by atoms with E-state index < -0.39 is 20.2 Å². The molecule has 0 atom stereocenters. The second kappa shape index (κ2) is 9.96. The third-order valence-corrected chi connectivity index (χ3v) is 10.3. The first-order chi connectivity index (χ1) is 16.8. The highest BCUT2D eigenvalue weighted by atomic mass is 32.2. The lowest BCUT2D eigenvalue weighted by atomic mass is 9.87. The molecule has 1 fully saturated rings. The van der Waals surface area contributed by atoms with Gasteiger partial charge in [0.25, 0.3) is 0 Å². The van der Waals surface area contributed by atoms with Crippen molar-refractivity contribution in [3.63, 3.8) is 0 Å². The maximum Gasteiger partial charge on any atom is 0.304 e. The average molecular weight is 535 g/mol. The van der Waals surface area contributed by atoms with Crippen LogP contribution in [0, 0.1) is 0 Å². The van der Waals surface area contributed by atoms with Crippen LogP contribution in [-0.4, -0.2) is 71.5 Å². The Kier molecular flexibility index (Phi) is 7.45. The van der Waals surface area contributed by atoms with Crippen LogP contribution in [0.4, 0.5) is 11.4 Å². The van der Waals surface area contributed by atoms with Gasteiger partial charge in [-0.2, -0.15) is 17.0 Å². The molecule has 8 nitrogen and oxygen atoms in total. The zero-order valence-corrected chi connectivity index (χ0v) is 23.6. The first-order valence-electron chi connectivity index (χ1n) is 12.4. The number of anilines is 2. The molecule has 0 amide bonds. The van der Waals surface area contributed by atoms with E-state index in [9.17, 15) is 16.8 Å². The van der Waals surface area contributed by atoms with Gasteiger partial charge < -0.3 is 4.90 Å². The highest BCUT2D eigenvalue weighted by Gasteiger charge is 2.32. The molecule has 0 N–H and O–H groups in total. The molecule has 2 aromatic carbocycles. The summed E-state index contributed by atoms with van der Waals surface area (Å²) in [6.07, 6.45) is 2.82. The topological polar surface area (TPSA) is 81.2 Å². The van der Waals surface area contributed by atoms with E-state index in [1.807, 2.05) is 24.3 Å². The van der Waals surface area contributed by atoms with Crippen molar-refractivity contribution >= 4 is 31.6 Å². The summed E-state index contributed by atoms with van der Waals surface area (Å²) in [5, 5.41) is 0. The molecule has 0 aromatic heterocycles. The third-order valence-electron chi connectivity index (χ3n) is 7.11. The van der Waals surface area contributed by atoms with Gasteiger partial charge in [-0.3, -0.25) is 4.31 Å². The monoisotopic (exact) mass is 534 g/mol. The fraction of sp³-hybridized carbons (Fsp3) is 0.538. The highest BCUT2D eigenvalue weighted by Crippen LogP contribution is 2.34. The molecule has 2 aliphatic heterocycles. The minimum atomic E-state index is -3.69.